The van der Waals surface area contributed by atoms with E-state index in [1.165, 1.54) is 44.9 Å². The Balaban J connectivity index is 4.13. The summed E-state index contributed by atoms with van der Waals surface area (Å²) in [5.41, 5.74) is 0. The summed E-state index contributed by atoms with van der Waals surface area (Å²) in [4.78, 5) is 37.8. The van der Waals surface area contributed by atoms with Gasteiger partial charge in [-0.25, -0.2) is 0 Å². The van der Waals surface area contributed by atoms with Crippen molar-refractivity contribution in [3.63, 3.8) is 0 Å². The number of nitrogens with zero attached hydrogens (tertiary/aromatic N) is 1. The van der Waals surface area contributed by atoms with Crippen LogP contribution in [0.15, 0.2) is 146 Å². The zero-order valence-electron chi connectivity index (χ0n) is 50.1. The van der Waals surface area contributed by atoms with Gasteiger partial charge in [-0.3, -0.25) is 14.2 Å². The first-order valence-electron chi connectivity index (χ1n) is 30.5. The predicted octanol–water partition coefficient (Wildman–Crippen LogP) is 18.8. The molecule has 2 unspecified atom stereocenters. The molecule has 0 amide bonds. The molecular formula is C68H112NO8P. The van der Waals surface area contributed by atoms with E-state index in [4.69, 9.17) is 18.5 Å². The third-order valence-corrected chi connectivity index (χ3v) is 13.3. The maximum absolute atomic E-state index is 12.8. The maximum atomic E-state index is 12.8. The third-order valence-electron chi connectivity index (χ3n) is 12.3. The van der Waals surface area contributed by atoms with Crippen molar-refractivity contribution in [3.8, 4) is 0 Å². The Kier molecular flexibility index (Phi) is 54.5. The molecule has 10 heteroatoms. The van der Waals surface area contributed by atoms with Gasteiger partial charge in [0.05, 0.1) is 27.7 Å². The van der Waals surface area contributed by atoms with Gasteiger partial charge in [0.15, 0.2) is 6.10 Å². The van der Waals surface area contributed by atoms with Crippen LogP contribution in [-0.4, -0.2) is 70.0 Å². The molecule has 0 aromatic rings. The lowest BCUT2D eigenvalue weighted by Gasteiger charge is -2.28. The number of rotatable bonds is 54. The van der Waals surface area contributed by atoms with Crippen LogP contribution >= 0.6 is 7.82 Å². The van der Waals surface area contributed by atoms with Gasteiger partial charge in [0, 0.05) is 12.8 Å². The number of likely N-dealkylation sites (N-methyl/N-ethyl adjacent to an activating group) is 1. The molecule has 0 aromatic carbocycles. The summed E-state index contributed by atoms with van der Waals surface area (Å²) in [6, 6.07) is 0. The van der Waals surface area contributed by atoms with Gasteiger partial charge in [0.1, 0.15) is 19.8 Å². The highest BCUT2D eigenvalue weighted by Crippen LogP contribution is 2.38. The summed E-state index contributed by atoms with van der Waals surface area (Å²) >= 11 is 0. The molecule has 0 aliphatic heterocycles. The van der Waals surface area contributed by atoms with Crippen LogP contribution in [0.3, 0.4) is 0 Å². The standard InChI is InChI=1S/C68H112NO8P/c1-6-8-10-12-14-16-18-20-21-22-23-24-25-26-27-28-29-30-31-32-33-34-35-36-37-38-39-40-41-42-43-44-45-46-47-49-51-53-55-57-59-61-68(71)77-66(65-76-78(72,73)75-63-62-69(3,4)5)64-74-67(70)60-58-56-54-52-50-48-19-17-15-13-11-9-7-2/h8,10,14,16-17,19-21,23-24,26-27,29-30,32-33,35-36,38-39,41-42,44-45,66H,6-7,9,11-13,15,18,22,25,28,31,34,37,40,43,46-65H2,1-5H3/b10-8-,16-14-,19-17-,21-20-,24-23-,27-26-,30-29-,33-32-,36-35-,39-38-,42-41-,45-44-. The third kappa shape index (κ3) is 61.1. The van der Waals surface area contributed by atoms with Crippen molar-refractivity contribution < 1.29 is 42.1 Å². The summed E-state index contributed by atoms with van der Waals surface area (Å²) in [5.74, 6) is -0.866. The highest BCUT2D eigenvalue weighted by atomic mass is 31.2. The number of esters is 2. The van der Waals surface area contributed by atoms with E-state index in [0.717, 1.165) is 135 Å². The smallest absolute Gasteiger partial charge is 0.306 e. The Labute approximate surface area is 478 Å². The Morgan fingerprint density at radius 3 is 1.10 bits per heavy atom. The van der Waals surface area contributed by atoms with E-state index in [2.05, 4.69) is 160 Å². The second-order valence-electron chi connectivity index (χ2n) is 21.0. The zero-order valence-corrected chi connectivity index (χ0v) is 50.9. The van der Waals surface area contributed by atoms with Crippen molar-refractivity contribution in [3.05, 3.63) is 146 Å². The van der Waals surface area contributed by atoms with Crippen LogP contribution in [0.25, 0.3) is 0 Å². The number of ether oxygens (including phenoxy) is 2. The fraction of sp³-hybridized carbons (Fsp3) is 0.618. The molecule has 0 radical (unpaired) electrons. The Bertz CT molecular complexity index is 1820. The van der Waals surface area contributed by atoms with Crippen LogP contribution in [0.2, 0.25) is 0 Å². The average Bonchev–Trinajstić information content (AvgIpc) is 3.40. The van der Waals surface area contributed by atoms with Crippen LogP contribution in [-0.2, 0) is 32.7 Å². The minimum atomic E-state index is -4.65. The number of unbranched alkanes of at least 4 members (excludes halogenated alkanes) is 16. The molecule has 0 bridgehead atoms. The Morgan fingerprint density at radius 2 is 0.731 bits per heavy atom. The number of hydrogen-bond acceptors (Lipinski definition) is 8. The molecule has 78 heavy (non-hydrogen) atoms. The molecule has 0 saturated carbocycles. The first-order valence-corrected chi connectivity index (χ1v) is 32.0. The summed E-state index contributed by atoms with van der Waals surface area (Å²) in [5, 5.41) is 0. The van der Waals surface area contributed by atoms with E-state index in [0.29, 0.717) is 23.9 Å². The van der Waals surface area contributed by atoms with E-state index in [1.54, 1.807) is 0 Å². The molecule has 2 atom stereocenters. The topological polar surface area (TPSA) is 111 Å². The van der Waals surface area contributed by atoms with Gasteiger partial charge < -0.3 is 27.9 Å². The quantitative estimate of drug-likeness (QED) is 0.0195. The lowest BCUT2D eigenvalue weighted by molar-refractivity contribution is -0.870. The molecule has 0 heterocycles. The van der Waals surface area contributed by atoms with Crippen molar-refractivity contribution in [2.45, 2.75) is 225 Å². The van der Waals surface area contributed by atoms with Crippen molar-refractivity contribution in [2.75, 3.05) is 47.5 Å². The maximum Gasteiger partial charge on any atom is 0.306 e. The number of hydrogen-bond donors (Lipinski definition) is 0. The summed E-state index contributed by atoms with van der Waals surface area (Å²) < 4.78 is 34.1. The van der Waals surface area contributed by atoms with Gasteiger partial charge in [-0.15, -0.1) is 0 Å². The number of carbonyl (C=O) groups is 2. The fourth-order valence-electron chi connectivity index (χ4n) is 7.65. The molecule has 9 nitrogen and oxygen atoms in total. The van der Waals surface area contributed by atoms with Crippen LogP contribution in [0.1, 0.15) is 219 Å². The molecule has 0 aliphatic rings. The van der Waals surface area contributed by atoms with Crippen molar-refractivity contribution in [1.82, 2.24) is 0 Å². The summed E-state index contributed by atoms with van der Waals surface area (Å²) in [6.45, 7) is 4.06. The fourth-order valence-corrected chi connectivity index (χ4v) is 8.38. The minimum absolute atomic E-state index is 0.0413. The lowest BCUT2D eigenvalue weighted by atomic mass is 10.1. The van der Waals surface area contributed by atoms with Gasteiger partial charge in [-0.1, -0.05) is 230 Å². The highest BCUT2D eigenvalue weighted by Gasteiger charge is 2.21. The Hall–Kier alpha value is -4.11. The molecule has 442 valence electrons. The van der Waals surface area contributed by atoms with Gasteiger partial charge in [-0.05, 0) is 122 Å². The average molecular weight is 1100 g/mol. The molecule has 0 spiro atoms. The number of allylic oxidation sites excluding steroid dienone is 24. The van der Waals surface area contributed by atoms with Crippen LogP contribution in [0, 0.1) is 0 Å². The van der Waals surface area contributed by atoms with E-state index < -0.39 is 32.5 Å². The molecule has 0 rings (SSSR count). The first kappa shape index (κ1) is 73.9. The van der Waals surface area contributed by atoms with Crippen molar-refractivity contribution in [2.24, 2.45) is 0 Å². The van der Waals surface area contributed by atoms with E-state index in [1.807, 2.05) is 21.1 Å². The van der Waals surface area contributed by atoms with Crippen LogP contribution in [0.5, 0.6) is 0 Å². The molecule has 0 N–H and O–H groups in total. The van der Waals surface area contributed by atoms with Crippen LogP contribution < -0.4 is 4.89 Å². The van der Waals surface area contributed by atoms with Gasteiger partial charge in [0.2, 0.25) is 0 Å². The number of phosphoric acid groups is 1. The molecule has 0 saturated heterocycles. The second-order valence-corrected chi connectivity index (χ2v) is 22.4. The monoisotopic (exact) mass is 1100 g/mol. The molecule has 0 fully saturated rings. The van der Waals surface area contributed by atoms with E-state index in [-0.39, 0.29) is 26.1 Å². The molecular weight excluding hydrogens is 990 g/mol. The summed E-state index contributed by atoms with van der Waals surface area (Å²) in [7, 11) is 1.13. The molecule has 0 aromatic heterocycles. The van der Waals surface area contributed by atoms with Gasteiger partial charge in [0.25, 0.3) is 7.82 Å². The van der Waals surface area contributed by atoms with Crippen molar-refractivity contribution >= 4 is 19.8 Å². The largest absolute Gasteiger partial charge is 0.756 e. The summed E-state index contributed by atoms with van der Waals surface area (Å²) in [6.07, 6.45) is 84.8. The SMILES string of the molecule is CC/C=C\C/C=C\C/C=C\C/C=C\C/C=C\C/C=C\C/C=C\C/C=C\C/C=C\C/C=C\C/C=C\CCCCCCCCCC(=O)OC(COC(=O)CCCCCCC/C=C\CCCCCC)COP(=O)([O-])OCC[N+](C)(C)C. The van der Waals surface area contributed by atoms with Crippen LogP contribution in [0.4, 0.5) is 0 Å². The number of phosphoric ester groups is 1. The lowest BCUT2D eigenvalue weighted by Crippen LogP contribution is -2.37. The predicted molar refractivity (Wildman–Crippen MR) is 332 cm³/mol. The van der Waals surface area contributed by atoms with E-state index >= 15 is 0 Å². The van der Waals surface area contributed by atoms with Gasteiger partial charge >= 0.3 is 11.9 Å². The zero-order chi connectivity index (χ0) is 57.0. The van der Waals surface area contributed by atoms with Gasteiger partial charge in [-0.2, -0.15) is 0 Å². The second kappa shape index (κ2) is 57.6. The highest BCUT2D eigenvalue weighted by molar-refractivity contribution is 7.45. The first-order chi connectivity index (χ1) is 38.0. The van der Waals surface area contributed by atoms with Crippen molar-refractivity contribution in [1.29, 1.82) is 0 Å². The normalized spacial score (nSPS) is 14.3. The van der Waals surface area contributed by atoms with E-state index in [9.17, 15) is 19.0 Å². The number of carbonyl (C=O) groups excluding carboxylic acids is 2. The Morgan fingerprint density at radius 1 is 0.410 bits per heavy atom. The minimum Gasteiger partial charge on any atom is -0.756 e. The number of quaternary nitrogens is 1. The molecule has 0 aliphatic carbocycles.